The quantitative estimate of drug-likeness (QED) is 0.521. The number of piperidine rings is 1. The lowest BCUT2D eigenvalue weighted by Crippen LogP contribution is -2.42. The highest BCUT2D eigenvalue weighted by atomic mass is 35.5. The van der Waals surface area contributed by atoms with Crippen molar-refractivity contribution in [1.29, 1.82) is 0 Å². The molecule has 0 radical (unpaired) electrons. The van der Waals surface area contributed by atoms with E-state index in [1.165, 1.54) is 22.7 Å². The maximum absolute atomic E-state index is 12.7. The van der Waals surface area contributed by atoms with Crippen LogP contribution in [0.4, 0.5) is 0 Å². The summed E-state index contributed by atoms with van der Waals surface area (Å²) in [6, 6.07) is 11.0. The Labute approximate surface area is 184 Å². The van der Waals surface area contributed by atoms with E-state index < -0.39 is 10.0 Å². The summed E-state index contributed by atoms with van der Waals surface area (Å²) in [6.45, 7) is 0.519. The monoisotopic (exact) mass is 473 g/mol. The molecule has 1 N–H and O–H groups in total. The second kappa shape index (κ2) is 9.45. The molecule has 0 aliphatic carbocycles. The molecule has 2 aromatic rings. The lowest BCUT2D eigenvalue weighted by molar-refractivity contribution is -0.126. The number of sulfonamides is 1. The third kappa shape index (κ3) is 5.49. The van der Waals surface area contributed by atoms with Crippen molar-refractivity contribution < 1.29 is 13.2 Å². The first-order valence-corrected chi connectivity index (χ1v) is 11.4. The van der Waals surface area contributed by atoms with Gasteiger partial charge in [-0.3, -0.25) is 4.79 Å². The molecule has 3 rings (SSSR count). The largest absolute Gasteiger partial charge is 0.273 e. The van der Waals surface area contributed by atoms with Crippen LogP contribution in [0.1, 0.15) is 18.4 Å². The second-order valence-corrected chi connectivity index (χ2v) is 9.75. The van der Waals surface area contributed by atoms with Crippen molar-refractivity contribution in [2.24, 2.45) is 11.0 Å². The Morgan fingerprint density at radius 3 is 2.28 bits per heavy atom. The van der Waals surface area contributed by atoms with Gasteiger partial charge in [-0.1, -0.05) is 40.9 Å². The molecule has 1 aliphatic heterocycles. The van der Waals surface area contributed by atoms with Gasteiger partial charge in [0.25, 0.3) is 0 Å². The van der Waals surface area contributed by atoms with Gasteiger partial charge in [0.1, 0.15) is 0 Å². The minimum atomic E-state index is -3.60. The molecule has 6 nitrogen and oxygen atoms in total. The highest BCUT2D eigenvalue weighted by Gasteiger charge is 2.32. The number of hydrazone groups is 1. The van der Waals surface area contributed by atoms with Crippen molar-refractivity contribution in [1.82, 2.24) is 9.73 Å². The molecule has 1 fully saturated rings. The zero-order valence-electron chi connectivity index (χ0n) is 15.2. The number of halogens is 3. The number of nitrogens with zero attached hydrogens (tertiary/aromatic N) is 2. The van der Waals surface area contributed by atoms with E-state index in [-0.39, 0.29) is 29.8 Å². The van der Waals surface area contributed by atoms with Crippen molar-refractivity contribution in [3.63, 3.8) is 0 Å². The first-order chi connectivity index (χ1) is 13.8. The minimum Gasteiger partial charge on any atom is -0.273 e. The van der Waals surface area contributed by atoms with E-state index in [1.54, 1.807) is 30.3 Å². The molecule has 0 saturated carbocycles. The minimum absolute atomic E-state index is 0.189. The lowest BCUT2D eigenvalue weighted by Gasteiger charge is -2.30. The fourth-order valence-corrected chi connectivity index (χ4v) is 5.03. The molecule has 2 aromatic carbocycles. The number of rotatable bonds is 5. The number of carbonyl (C=O) groups excluding carboxylic acids is 1. The standard InChI is InChI=1S/C19H18Cl3N3O3S/c20-15-3-5-17(6-4-15)29(27,28)25-9-7-13(8-10-25)19(26)24-23-12-14-1-2-16(21)11-18(14)22/h1-6,11-13H,7-10H2,(H,24,26)/b23-12-. The molecule has 1 amide bonds. The molecule has 29 heavy (non-hydrogen) atoms. The molecule has 1 aliphatic rings. The summed E-state index contributed by atoms with van der Waals surface area (Å²) in [5.74, 6) is -0.570. The van der Waals surface area contributed by atoms with Gasteiger partial charge < -0.3 is 0 Å². The van der Waals surface area contributed by atoms with Crippen LogP contribution in [0, 0.1) is 5.92 Å². The number of amides is 1. The van der Waals surface area contributed by atoms with Gasteiger partial charge in [0.2, 0.25) is 15.9 Å². The topological polar surface area (TPSA) is 78.8 Å². The number of nitrogens with one attached hydrogen (secondary N) is 1. The van der Waals surface area contributed by atoms with Crippen molar-refractivity contribution in [2.45, 2.75) is 17.7 Å². The van der Waals surface area contributed by atoms with Crippen LogP contribution in [-0.2, 0) is 14.8 Å². The Hall–Kier alpha value is -1.64. The third-order valence-corrected chi connectivity index (χ3v) is 7.34. The maximum Gasteiger partial charge on any atom is 0.243 e. The van der Waals surface area contributed by atoms with Crippen LogP contribution in [0.25, 0.3) is 0 Å². The van der Waals surface area contributed by atoms with Crippen LogP contribution < -0.4 is 5.43 Å². The van der Waals surface area contributed by atoms with E-state index in [4.69, 9.17) is 34.8 Å². The van der Waals surface area contributed by atoms with E-state index >= 15 is 0 Å². The predicted octanol–water partition coefficient (Wildman–Crippen LogP) is 4.20. The fourth-order valence-electron chi connectivity index (χ4n) is 2.98. The van der Waals surface area contributed by atoms with E-state index in [0.717, 1.165) is 0 Å². The number of hydrogen-bond donors (Lipinski definition) is 1. The van der Waals surface area contributed by atoms with Gasteiger partial charge >= 0.3 is 0 Å². The summed E-state index contributed by atoms with van der Waals surface area (Å²) < 4.78 is 26.8. The molecule has 0 aromatic heterocycles. The van der Waals surface area contributed by atoms with E-state index in [0.29, 0.717) is 33.5 Å². The van der Waals surface area contributed by atoms with Crippen LogP contribution in [0.5, 0.6) is 0 Å². The molecular weight excluding hydrogens is 457 g/mol. The summed E-state index contributed by atoms with van der Waals surface area (Å²) in [5, 5.41) is 5.34. The smallest absolute Gasteiger partial charge is 0.243 e. The van der Waals surface area contributed by atoms with Gasteiger partial charge in [-0.05, 0) is 49.2 Å². The fraction of sp³-hybridized carbons (Fsp3) is 0.263. The molecule has 0 unspecified atom stereocenters. The first kappa shape index (κ1) is 22.1. The van der Waals surface area contributed by atoms with Crippen LogP contribution >= 0.6 is 34.8 Å². The van der Waals surface area contributed by atoms with E-state index in [9.17, 15) is 13.2 Å². The van der Waals surface area contributed by atoms with Crippen LogP contribution in [-0.4, -0.2) is 37.9 Å². The van der Waals surface area contributed by atoms with Crippen molar-refractivity contribution in [3.05, 3.63) is 63.1 Å². The average Bonchev–Trinajstić information content (AvgIpc) is 2.70. The average molecular weight is 475 g/mol. The summed E-state index contributed by atoms with van der Waals surface area (Å²) in [5.41, 5.74) is 3.12. The van der Waals surface area contributed by atoms with Crippen molar-refractivity contribution in [2.75, 3.05) is 13.1 Å². The molecule has 1 heterocycles. The molecular formula is C19H18Cl3N3O3S. The summed E-state index contributed by atoms with van der Waals surface area (Å²) in [6.07, 6.45) is 2.27. The van der Waals surface area contributed by atoms with E-state index in [1.807, 2.05) is 0 Å². The lowest BCUT2D eigenvalue weighted by atomic mass is 9.98. The molecule has 154 valence electrons. The highest BCUT2D eigenvalue weighted by molar-refractivity contribution is 7.89. The number of carbonyl (C=O) groups is 1. The molecule has 0 spiro atoms. The van der Waals surface area contributed by atoms with Crippen molar-refractivity contribution in [3.8, 4) is 0 Å². The summed E-state index contributed by atoms with van der Waals surface area (Å²) in [4.78, 5) is 12.5. The third-order valence-electron chi connectivity index (χ3n) is 4.62. The van der Waals surface area contributed by atoms with Gasteiger partial charge in [-0.25, -0.2) is 13.8 Å². The normalized spacial score (nSPS) is 16.2. The number of benzene rings is 2. The van der Waals surface area contributed by atoms with Crippen LogP contribution in [0.15, 0.2) is 52.5 Å². The Morgan fingerprint density at radius 1 is 1.03 bits per heavy atom. The molecule has 0 bridgehead atoms. The highest BCUT2D eigenvalue weighted by Crippen LogP contribution is 2.25. The van der Waals surface area contributed by atoms with Gasteiger partial charge in [-0.15, -0.1) is 0 Å². The van der Waals surface area contributed by atoms with Gasteiger partial charge in [0.05, 0.1) is 16.1 Å². The van der Waals surface area contributed by atoms with Crippen LogP contribution in [0.2, 0.25) is 15.1 Å². The number of hydrogen-bond acceptors (Lipinski definition) is 4. The Morgan fingerprint density at radius 2 is 1.66 bits per heavy atom. The van der Waals surface area contributed by atoms with E-state index in [2.05, 4.69) is 10.5 Å². The van der Waals surface area contributed by atoms with Gasteiger partial charge in [-0.2, -0.15) is 9.41 Å². The first-order valence-electron chi connectivity index (χ1n) is 8.81. The zero-order chi connectivity index (χ0) is 21.0. The molecule has 10 heteroatoms. The summed E-state index contributed by atoms with van der Waals surface area (Å²) >= 11 is 17.7. The maximum atomic E-state index is 12.7. The Balaban J connectivity index is 1.55. The van der Waals surface area contributed by atoms with Crippen LogP contribution in [0.3, 0.4) is 0 Å². The van der Waals surface area contributed by atoms with Crippen molar-refractivity contribution >= 4 is 56.9 Å². The Kier molecular flexibility index (Phi) is 7.19. The van der Waals surface area contributed by atoms with Gasteiger partial charge in [0.15, 0.2) is 0 Å². The summed E-state index contributed by atoms with van der Waals surface area (Å²) in [7, 11) is -3.60. The van der Waals surface area contributed by atoms with Gasteiger partial charge in [0, 0.05) is 34.6 Å². The molecule has 1 saturated heterocycles. The Bertz CT molecular complexity index is 1020. The zero-order valence-corrected chi connectivity index (χ0v) is 18.3. The molecule has 0 atom stereocenters. The SMILES string of the molecule is O=C(N/N=C\c1ccc(Cl)cc1Cl)C1CCN(S(=O)(=O)c2ccc(Cl)cc2)CC1. The second-order valence-electron chi connectivity index (χ2n) is 6.53. The predicted molar refractivity (Wildman–Crippen MR) is 115 cm³/mol.